The van der Waals surface area contributed by atoms with Crippen molar-refractivity contribution < 1.29 is 19.1 Å². The van der Waals surface area contributed by atoms with Crippen molar-refractivity contribution >= 4 is 55.2 Å². The summed E-state index contributed by atoms with van der Waals surface area (Å²) in [4.78, 5) is 41.6. The minimum Gasteiger partial charge on any atom is -0.380 e. The highest BCUT2D eigenvalue weighted by Gasteiger charge is 2.29. The van der Waals surface area contributed by atoms with Crippen LogP contribution in [0.5, 0.6) is 0 Å². The molecule has 0 saturated carbocycles. The lowest BCUT2D eigenvalue weighted by atomic mass is 10.1. The van der Waals surface area contributed by atoms with Crippen LogP contribution >= 0.6 is 21.6 Å². The highest BCUT2D eigenvalue weighted by Crippen LogP contribution is 2.43. The van der Waals surface area contributed by atoms with E-state index in [0.717, 1.165) is 44.4 Å². The molecule has 2 amide bonds. The smallest absolute Gasteiger partial charge is 0.254 e. The Hall–Kier alpha value is -3.18. The molecule has 2 unspecified atom stereocenters. The molecule has 2 atom stereocenters. The van der Waals surface area contributed by atoms with Crippen LogP contribution in [0.3, 0.4) is 0 Å². The molecule has 0 spiro atoms. The Morgan fingerprint density at radius 2 is 1.18 bits per heavy atom. The molecule has 2 fully saturated rings. The molecule has 206 valence electrons. The van der Waals surface area contributed by atoms with Crippen molar-refractivity contribution in [1.29, 1.82) is 0 Å². The summed E-state index contributed by atoms with van der Waals surface area (Å²) in [6.07, 6.45) is 5.38. The second-order valence-corrected chi connectivity index (χ2v) is 12.2. The number of pyridine rings is 2. The number of ether oxygens (including phenoxy) is 2. The normalized spacial score (nSPS) is 19.1. The van der Waals surface area contributed by atoms with Gasteiger partial charge in [-0.05, 0) is 49.2 Å². The zero-order valence-corrected chi connectivity index (χ0v) is 24.0. The van der Waals surface area contributed by atoms with Gasteiger partial charge in [0.15, 0.2) is 0 Å². The van der Waals surface area contributed by atoms with Crippen LogP contribution in [-0.2, 0) is 9.47 Å². The average molecular weight is 575 g/mol. The number of hydrogen-bond acceptors (Lipinski definition) is 8. The van der Waals surface area contributed by atoms with Crippen molar-refractivity contribution in [2.24, 2.45) is 0 Å². The Bertz CT molecular complexity index is 1470. The minimum absolute atomic E-state index is 0.00650. The maximum atomic E-state index is 13.4. The summed E-state index contributed by atoms with van der Waals surface area (Å²) in [5.41, 5.74) is 2.89. The van der Waals surface area contributed by atoms with Crippen LogP contribution in [0.2, 0.25) is 0 Å². The molecular formula is C30H30N4O4S2. The van der Waals surface area contributed by atoms with Gasteiger partial charge in [0, 0.05) is 84.5 Å². The number of hydrogen-bond donors (Lipinski definition) is 0. The topological polar surface area (TPSA) is 84.9 Å². The molecular weight excluding hydrogens is 544 g/mol. The molecule has 2 aliphatic rings. The Morgan fingerprint density at radius 3 is 1.57 bits per heavy atom. The second-order valence-electron chi connectivity index (χ2n) is 9.98. The largest absolute Gasteiger partial charge is 0.380 e. The molecule has 0 bridgehead atoms. The molecule has 0 aliphatic carbocycles. The van der Waals surface area contributed by atoms with Gasteiger partial charge < -0.3 is 19.3 Å². The van der Waals surface area contributed by atoms with E-state index in [1.54, 1.807) is 48.2 Å². The molecule has 2 saturated heterocycles. The summed E-state index contributed by atoms with van der Waals surface area (Å²) in [7, 11) is 6.53. The molecule has 2 aliphatic heterocycles. The van der Waals surface area contributed by atoms with Crippen molar-refractivity contribution in [3.05, 3.63) is 72.1 Å². The zero-order chi connectivity index (χ0) is 27.6. The van der Waals surface area contributed by atoms with Crippen molar-refractivity contribution in [2.45, 2.75) is 34.8 Å². The van der Waals surface area contributed by atoms with Crippen molar-refractivity contribution in [3.8, 4) is 0 Å². The number of amides is 2. The third-order valence-corrected chi connectivity index (χ3v) is 10.1. The van der Waals surface area contributed by atoms with E-state index < -0.39 is 0 Å². The van der Waals surface area contributed by atoms with Crippen molar-refractivity contribution in [3.63, 3.8) is 0 Å². The van der Waals surface area contributed by atoms with Gasteiger partial charge in [-0.1, -0.05) is 33.7 Å². The maximum absolute atomic E-state index is 13.4. The van der Waals surface area contributed by atoms with Crippen LogP contribution in [0.4, 0.5) is 0 Å². The van der Waals surface area contributed by atoms with E-state index in [4.69, 9.17) is 9.47 Å². The number of nitrogens with zero attached hydrogens (tertiary/aromatic N) is 4. The summed E-state index contributed by atoms with van der Waals surface area (Å²) in [6, 6.07) is 15.4. The number of methoxy groups -OCH3 is 2. The molecule has 2 aromatic carbocycles. The highest BCUT2D eigenvalue weighted by atomic mass is 33.1. The number of aromatic nitrogens is 2. The Balaban J connectivity index is 1.26. The maximum Gasteiger partial charge on any atom is 0.254 e. The summed E-state index contributed by atoms with van der Waals surface area (Å²) >= 11 is 0. The number of likely N-dealkylation sites (tertiary alicyclic amines) is 2. The fourth-order valence-electron chi connectivity index (χ4n) is 5.44. The molecule has 0 radical (unpaired) electrons. The quantitative estimate of drug-likeness (QED) is 0.275. The monoisotopic (exact) mass is 574 g/mol. The van der Waals surface area contributed by atoms with Gasteiger partial charge in [-0.3, -0.25) is 19.6 Å². The van der Waals surface area contributed by atoms with Gasteiger partial charge in [0.1, 0.15) is 0 Å². The minimum atomic E-state index is 0.00650. The number of benzene rings is 2. The molecule has 4 heterocycles. The first-order valence-electron chi connectivity index (χ1n) is 13.3. The van der Waals surface area contributed by atoms with Crippen LogP contribution in [-0.4, -0.2) is 84.2 Å². The predicted octanol–water partition coefficient (Wildman–Crippen LogP) is 5.30. The van der Waals surface area contributed by atoms with E-state index in [0.29, 0.717) is 37.3 Å². The Morgan fingerprint density at radius 1 is 0.725 bits per heavy atom. The molecule has 0 N–H and O–H groups in total. The van der Waals surface area contributed by atoms with Gasteiger partial charge in [-0.15, -0.1) is 0 Å². The lowest BCUT2D eigenvalue weighted by Gasteiger charge is -2.18. The second kappa shape index (κ2) is 11.7. The molecule has 2 aromatic heterocycles. The van der Waals surface area contributed by atoms with Gasteiger partial charge in [0.05, 0.1) is 23.2 Å². The Kier molecular flexibility index (Phi) is 7.93. The Labute approximate surface area is 240 Å². The first-order valence-corrected chi connectivity index (χ1v) is 15.5. The molecule has 40 heavy (non-hydrogen) atoms. The van der Waals surface area contributed by atoms with Crippen LogP contribution in [0.1, 0.15) is 33.6 Å². The van der Waals surface area contributed by atoms with E-state index in [1.165, 1.54) is 0 Å². The molecule has 10 heteroatoms. The lowest BCUT2D eigenvalue weighted by molar-refractivity contribution is 0.0721. The highest BCUT2D eigenvalue weighted by molar-refractivity contribution is 8.76. The van der Waals surface area contributed by atoms with Crippen molar-refractivity contribution in [1.82, 2.24) is 19.8 Å². The van der Waals surface area contributed by atoms with Gasteiger partial charge in [-0.25, -0.2) is 0 Å². The zero-order valence-electron chi connectivity index (χ0n) is 22.4. The molecule has 6 rings (SSSR count). The van der Waals surface area contributed by atoms with E-state index in [1.807, 2.05) is 58.3 Å². The van der Waals surface area contributed by atoms with Gasteiger partial charge in [0.25, 0.3) is 11.8 Å². The SMILES string of the molecule is COC1CCN(C(=O)c2ccc(SSc3ccc(C(=O)N4CCC(OC)C4)c4cccnc34)c3ncccc23)C1. The number of fused-ring (bicyclic) bond motifs is 2. The van der Waals surface area contributed by atoms with E-state index in [2.05, 4.69) is 9.97 Å². The van der Waals surface area contributed by atoms with Crippen LogP contribution in [0, 0.1) is 0 Å². The summed E-state index contributed by atoms with van der Waals surface area (Å²) in [5.74, 6) is 0.0130. The summed E-state index contributed by atoms with van der Waals surface area (Å²) < 4.78 is 10.9. The number of rotatable bonds is 7. The van der Waals surface area contributed by atoms with Crippen LogP contribution in [0.15, 0.2) is 70.7 Å². The van der Waals surface area contributed by atoms with Gasteiger partial charge in [-0.2, -0.15) is 0 Å². The third-order valence-electron chi connectivity index (χ3n) is 7.68. The van der Waals surface area contributed by atoms with E-state index >= 15 is 0 Å². The van der Waals surface area contributed by atoms with E-state index in [9.17, 15) is 9.59 Å². The summed E-state index contributed by atoms with van der Waals surface area (Å²) in [6.45, 7) is 2.59. The standard InChI is InChI=1S/C30H30N4O4S2/c1-37-19-11-15-33(17-19)29(35)23-7-9-25(27-21(23)5-3-13-31-27)39-40-26-10-8-24(22-6-4-14-32-28(22)26)30(36)34-16-12-20(18-34)38-2/h3-10,13-14,19-20H,11-12,15-18H2,1-2H3. The number of carbonyl (C=O) groups is 2. The molecule has 8 nitrogen and oxygen atoms in total. The van der Waals surface area contributed by atoms with Crippen molar-refractivity contribution in [2.75, 3.05) is 40.4 Å². The fourth-order valence-corrected chi connectivity index (χ4v) is 7.70. The van der Waals surface area contributed by atoms with Crippen LogP contribution in [0.25, 0.3) is 21.8 Å². The predicted molar refractivity (Wildman–Crippen MR) is 158 cm³/mol. The van der Waals surface area contributed by atoms with Gasteiger partial charge in [0.2, 0.25) is 0 Å². The fraction of sp³-hybridized carbons (Fsp3) is 0.333. The third kappa shape index (κ3) is 5.16. The lowest BCUT2D eigenvalue weighted by Crippen LogP contribution is -2.30. The number of carbonyl (C=O) groups excluding carboxylic acids is 2. The van der Waals surface area contributed by atoms with Gasteiger partial charge >= 0.3 is 0 Å². The average Bonchev–Trinajstić information content (AvgIpc) is 3.69. The van der Waals surface area contributed by atoms with E-state index in [-0.39, 0.29) is 24.0 Å². The molecule has 4 aromatic rings. The van der Waals surface area contributed by atoms with Crippen LogP contribution < -0.4 is 0 Å². The first kappa shape index (κ1) is 27.0. The summed E-state index contributed by atoms with van der Waals surface area (Å²) in [5, 5.41) is 1.67. The first-order chi connectivity index (χ1) is 19.6.